The maximum Gasteiger partial charge on any atom is 0.329 e. The molecule has 0 aliphatic heterocycles. The number of carbonyl (C=O) groups excluding carboxylic acids is 8. The number of benzene rings is 6. The molecule has 0 atom stereocenters. The van der Waals surface area contributed by atoms with E-state index in [-0.39, 0.29) is 63.0 Å². The summed E-state index contributed by atoms with van der Waals surface area (Å²) in [6.45, 7) is 9.25. The van der Waals surface area contributed by atoms with Crippen molar-refractivity contribution in [1.29, 1.82) is 0 Å². The number of unbranched alkanes of at least 4 members (excludes halogenated alkanes) is 20. The number of hydrogen-bond acceptors (Lipinski definition) is 12. The van der Waals surface area contributed by atoms with Crippen molar-refractivity contribution in [2.75, 3.05) is 64.7 Å². The van der Waals surface area contributed by atoms with Crippen LogP contribution in [0.2, 0.25) is 0 Å². The molecule has 2 N–H and O–H groups in total. The van der Waals surface area contributed by atoms with Crippen molar-refractivity contribution < 1.29 is 52.9 Å². The first-order valence-electron chi connectivity index (χ1n) is 39.8. The van der Waals surface area contributed by atoms with Crippen molar-refractivity contribution in [3.63, 3.8) is 0 Å². The molecule has 0 unspecified atom stereocenters. The van der Waals surface area contributed by atoms with Gasteiger partial charge in [0.05, 0.1) is 19.6 Å². The fourth-order valence-electron chi connectivity index (χ4n) is 14.4. The summed E-state index contributed by atoms with van der Waals surface area (Å²) < 4.78 is 0. The zero-order valence-corrected chi connectivity index (χ0v) is 68.1. The summed E-state index contributed by atoms with van der Waals surface area (Å²) in [4.78, 5) is 117. The van der Waals surface area contributed by atoms with Gasteiger partial charge in [-0.05, 0) is 51.4 Å². The van der Waals surface area contributed by atoms with Crippen LogP contribution in [0.4, 0.5) is 0 Å². The van der Waals surface area contributed by atoms with Gasteiger partial charge < -0.3 is 25.1 Å². The van der Waals surface area contributed by atoms with Gasteiger partial charge in [0.2, 0.25) is 11.8 Å². The van der Waals surface area contributed by atoms with Gasteiger partial charge >= 0.3 is 406 Å². The second-order valence-electron chi connectivity index (χ2n) is 28.6. The number of carbonyl (C=O) groups is 8. The predicted molar refractivity (Wildman–Crippen MR) is 444 cm³/mol. The molecule has 0 spiro atoms. The molecule has 5 amide bonds. The maximum atomic E-state index is 13.4. The molecule has 6 aromatic rings. The van der Waals surface area contributed by atoms with Crippen molar-refractivity contribution in [2.24, 2.45) is 0 Å². The molecule has 6 aromatic carbocycles. The molecule has 0 fully saturated rings. The van der Waals surface area contributed by atoms with Crippen molar-refractivity contribution in [3.05, 3.63) is 182 Å². The zero-order chi connectivity index (χ0) is 77.6. The Labute approximate surface area is 653 Å². The quantitative estimate of drug-likeness (QED) is 0.0208. The zero-order valence-electron chi connectivity index (χ0n) is 64.8. The van der Waals surface area contributed by atoms with Crippen LogP contribution in [0.1, 0.15) is 214 Å². The van der Waals surface area contributed by atoms with Crippen LogP contribution in [0.5, 0.6) is 0 Å². The van der Waals surface area contributed by atoms with E-state index in [1.165, 1.54) is 124 Å². The normalized spacial score (nSPS) is 12.2. The minimum Gasteiger partial charge on any atom is -0.338 e. The summed E-state index contributed by atoms with van der Waals surface area (Å²) >= 11 is 16.7. The van der Waals surface area contributed by atoms with E-state index < -0.39 is 41.6 Å². The number of nitrogens with zero attached hydrogens (tertiary/aromatic N) is 4. The number of hydroxylamine groups is 6. The SMILES string of the molecule is CC(=O)ON(CCCCCNC(=O)CCC(=O)N(CCCCCNC(=O)CCC(=O)N(CCCCCN(CCCCCCCCCCP(Cl)(c1ccccc1)(c1ccccc1)c1ccccc1)CCCCCCCCCCP(Cl)(c1ccccc1)(c1ccccc1)c1ccccc1)OC(C)=O)OC(C)=O)C(C)=O. The van der Waals surface area contributed by atoms with E-state index in [4.69, 9.17) is 37.0 Å². The van der Waals surface area contributed by atoms with Gasteiger partial charge in [0, 0.05) is 66.5 Å². The Morgan fingerprint density at radius 3 is 0.778 bits per heavy atom. The van der Waals surface area contributed by atoms with Gasteiger partial charge in [-0.2, -0.15) is 15.2 Å². The van der Waals surface area contributed by atoms with Gasteiger partial charge in [0.1, 0.15) is 0 Å². The molecule has 6 rings (SSSR count). The van der Waals surface area contributed by atoms with Gasteiger partial charge in [-0.25, -0.2) is 0 Å². The van der Waals surface area contributed by atoms with Crippen LogP contribution in [0.3, 0.4) is 0 Å². The molecule has 0 aliphatic carbocycles. The van der Waals surface area contributed by atoms with E-state index in [1.54, 1.807) is 0 Å². The van der Waals surface area contributed by atoms with E-state index in [0.29, 0.717) is 58.0 Å². The first kappa shape index (κ1) is 89.4. The van der Waals surface area contributed by atoms with Crippen molar-refractivity contribution >= 4 is 114 Å². The number of rotatable bonds is 52. The number of nitrogens with one attached hydrogen (secondary N) is 2. The molecule has 108 heavy (non-hydrogen) atoms. The Balaban J connectivity index is 0.912. The van der Waals surface area contributed by atoms with Crippen LogP contribution in [-0.4, -0.2) is 132 Å². The number of amides is 5. The smallest absolute Gasteiger partial charge is 0.329 e. The molecule has 21 heteroatoms. The van der Waals surface area contributed by atoms with Gasteiger partial charge in [-0.1, -0.05) is 6.42 Å². The predicted octanol–water partition coefficient (Wildman–Crippen LogP) is 16.1. The third-order valence-electron chi connectivity index (χ3n) is 20.2. The molecule has 0 bridgehead atoms. The Hall–Kier alpha value is -7.52. The Morgan fingerprint density at radius 2 is 0.509 bits per heavy atom. The minimum absolute atomic E-state index is 0.0858. The summed E-state index contributed by atoms with van der Waals surface area (Å²) in [5, 5.41) is 16.0. The van der Waals surface area contributed by atoms with E-state index in [2.05, 4.69) is 198 Å². The minimum atomic E-state index is -3.27. The summed E-state index contributed by atoms with van der Waals surface area (Å²) in [6, 6.07) is 64.7. The van der Waals surface area contributed by atoms with Gasteiger partial charge in [-0.15, -0.1) is 0 Å². The number of hydrogen-bond donors (Lipinski definition) is 2. The van der Waals surface area contributed by atoms with Crippen LogP contribution in [-0.2, 0) is 52.9 Å². The fraction of sp³-hybridized carbons (Fsp3) is 0.494. The van der Waals surface area contributed by atoms with E-state index >= 15 is 0 Å². The van der Waals surface area contributed by atoms with Crippen LogP contribution >= 0.6 is 34.4 Å². The summed E-state index contributed by atoms with van der Waals surface area (Å²) in [7, 11) is 0. The molecule has 590 valence electrons. The Morgan fingerprint density at radius 1 is 0.287 bits per heavy atom. The largest absolute Gasteiger partial charge is 0.338 e. The summed E-state index contributed by atoms with van der Waals surface area (Å²) in [5.74, 6) is -10.4. The molecular formula is C87H122Cl2N6O11P2. The molecule has 0 heterocycles. The molecule has 0 saturated carbocycles. The fourth-order valence-corrected chi connectivity index (χ4v) is 26.9. The molecule has 0 aliphatic rings. The van der Waals surface area contributed by atoms with Crippen molar-refractivity contribution in [1.82, 2.24) is 30.7 Å². The first-order valence-corrected chi connectivity index (χ1v) is 46.4. The van der Waals surface area contributed by atoms with Crippen LogP contribution in [0.15, 0.2) is 182 Å². The second kappa shape index (κ2) is 48.9. The van der Waals surface area contributed by atoms with Crippen LogP contribution in [0.25, 0.3) is 0 Å². The molecule has 0 saturated heterocycles. The van der Waals surface area contributed by atoms with Gasteiger partial charge in [0.15, 0.2) is 0 Å². The van der Waals surface area contributed by atoms with E-state index in [1.807, 2.05) is 0 Å². The van der Waals surface area contributed by atoms with Gasteiger partial charge in [-0.3, -0.25) is 38.4 Å². The van der Waals surface area contributed by atoms with E-state index in [9.17, 15) is 38.4 Å². The summed E-state index contributed by atoms with van der Waals surface area (Å²) in [6.07, 6.45) is 25.8. The molecule has 0 aromatic heterocycles. The third-order valence-corrected chi connectivity index (χ3v) is 35.3. The van der Waals surface area contributed by atoms with Crippen molar-refractivity contribution in [2.45, 2.75) is 214 Å². The third kappa shape index (κ3) is 29.4. The monoisotopic (exact) mass is 1560 g/mol. The topological polar surface area (TPSA) is 201 Å². The molecular weight excluding hydrogens is 1440 g/mol. The molecule has 17 nitrogen and oxygen atoms in total. The average molecular weight is 1560 g/mol. The van der Waals surface area contributed by atoms with Gasteiger partial charge in [0.25, 0.3) is 17.7 Å². The molecule has 0 radical (unpaired) electrons. The van der Waals surface area contributed by atoms with Crippen LogP contribution in [0, 0.1) is 0 Å². The van der Waals surface area contributed by atoms with E-state index in [0.717, 1.165) is 98.5 Å². The Bertz CT molecular complexity index is 3280. The van der Waals surface area contributed by atoms with Crippen molar-refractivity contribution in [3.8, 4) is 0 Å². The second-order valence-corrected chi connectivity index (χ2v) is 41.8. The first-order chi connectivity index (χ1) is 52.3. The number of halogens is 2. The van der Waals surface area contributed by atoms with Crippen LogP contribution < -0.4 is 42.5 Å². The Kier molecular flexibility index (Phi) is 40.5. The maximum absolute atomic E-state index is 13.4. The standard InChI is InChI=1S/C87H122Cl2N6O11P2/c1-74(96)93(104-75(2)97)69-43-23-38-64-90-84(100)60-62-86(102)94(105-76(3)98)70-44-24-39-65-91-85(101)61-63-87(103)95(106-77(4)99)71-45-25-42-68-92(66-40-13-9-5-7-11-15-46-72-107(88,78-48-26-17-27-49-78,79-50-28-18-29-51-79)80-52-30-19-31-53-80)67-41-14-10-6-8-12-16-47-73-108(89,81-54-32-20-33-55-81,82-56-34-21-35-57-82)83-58-36-22-37-59-83/h17-22,26-37,48-59H,5-16,23-25,38-47,60-73H2,1-4H3,(H,90,100)(H,91,101). The average Bonchev–Trinajstić information content (AvgIpc) is 0.716. The summed E-state index contributed by atoms with van der Waals surface area (Å²) in [5.41, 5.74) is 0.